The van der Waals surface area contributed by atoms with E-state index in [-0.39, 0.29) is 0 Å². The highest BCUT2D eigenvalue weighted by Crippen LogP contribution is 1.80. The molecule has 0 atom stereocenters. The van der Waals surface area contributed by atoms with E-state index in [2.05, 4.69) is 35.1 Å². The zero-order chi connectivity index (χ0) is 11.9. The third-order valence-corrected chi connectivity index (χ3v) is 2.39. The van der Waals surface area contributed by atoms with E-state index in [0.717, 1.165) is 52.4 Å². The van der Waals surface area contributed by atoms with E-state index in [4.69, 9.17) is 0 Å². The molecular weight excluding hydrogens is 200 g/mol. The number of hydrogen-bond donors (Lipinski definition) is 4. The lowest BCUT2D eigenvalue weighted by Crippen LogP contribution is -2.35. The van der Waals surface area contributed by atoms with Crippen molar-refractivity contribution < 1.29 is 0 Å². The Morgan fingerprint density at radius 1 is 0.562 bits per heavy atom. The van der Waals surface area contributed by atoms with E-state index in [0.29, 0.717) is 0 Å². The summed E-state index contributed by atoms with van der Waals surface area (Å²) >= 11 is 0. The van der Waals surface area contributed by atoms with Crippen LogP contribution in [0.5, 0.6) is 0 Å². The molecule has 4 N–H and O–H groups in total. The van der Waals surface area contributed by atoms with Gasteiger partial charge in [-0.1, -0.05) is 20.3 Å². The summed E-state index contributed by atoms with van der Waals surface area (Å²) in [5.74, 6) is 0. The third kappa shape index (κ3) is 13.8. The maximum Gasteiger partial charge on any atom is 0.00772 e. The molecule has 0 aromatic rings. The molecule has 16 heavy (non-hydrogen) atoms. The van der Waals surface area contributed by atoms with Crippen molar-refractivity contribution in [3.05, 3.63) is 0 Å². The predicted octanol–water partition coefficient (Wildman–Crippen LogP) is 0.165. The molecular formula is C12H30N4. The van der Waals surface area contributed by atoms with Crippen molar-refractivity contribution in [2.24, 2.45) is 0 Å². The molecule has 0 bridgehead atoms. The number of hydrogen-bond acceptors (Lipinski definition) is 4. The normalized spacial score (nSPS) is 10.9. The van der Waals surface area contributed by atoms with E-state index in [1.54, 1.807) is 0 Å². The fourth-order valence-electron chi connectivity index (χ4n) is 1.38. The molecule has 4 nitrogen and oxygen atoms in total. The van der Waals surface area contributed by atoms with Gasteiger partial charge in [0.05, 0.1) is 0 Å². The van der Waals surface area contributed by atoms with Crippen LogP contribution in [0.1, 0.15) is 26.7 Å². The van der Waals surface area contributed by atoms with Crippen molar-refractivity contribution in [2.45, 2.75) is 26.7 Å². The predicted molar refractivity (Wildman–Crippen MR) is 72.1 cm³/mol. The van der Waals surface area contributed by atoms with Crippen LogP contribution in [0.2, 0.25) is 0 Å². The first-order valence-electron chi connectivity index (χ1n) is 6.74. The highest BCUT2D eigenvalue weighted by molar-refractivity contribution is 4.55. The van der Waals surface area contributed by atoms with Gasteiger partial charge in [-0.3, -0.25) is 0 Å². The number of nitrogens with one attached hydrogen (secondary N) is 4. The summed E-state index contributed by atoms with van der Waals surface area (Å²) < 4.78 is 0. The molecule has 0 aliphatic heterocycles. The topological polar surface area (TPSA) is 48.1 Å². The van der Waals surface area contributed by atoms with Gasteiger partial charge in [0.25, 0.3) is 0 Å². The third-order valence-electron chi connectivity index (χ3n) is 2.39. The van der Waals surface area contributed by atoms with Gasteiger partial charge in [-0.05, 0) is 19.5 Å². The van der Waals surface area contributed by atoms with Crippen molar-refractivity contribution in [3.63, 3.8) is 0 Å². The van der Waals surface area contributed by atoms with Crippen molar-refractivity contribution in [1.82, 2.24) is 21.3 Å². The molecule has 0 saturated heterocycles. The largest absolute Gasteiger partial charge is 0.316 e. The lowest BCUT2D eigenvalue weighted by molar-refractivity contribution is 0.564. The molecule has 0 amide bonds. The summed E-state index contributed by atoms with van der Waals surface area (Å²) in [7, 11) is 0. The van der Waals surface area contributed by atoms with E-state index in [9.17, 15) is 0 Å². The van der Waals surface area contributed by atoms with Gasteiger partial charge >= 0.3 is 0 Å². The molecule has 0 rings (SSSR count). The quantitative estimate of drug-likeness (QED) is 0.341. The average Bonchev–Trinajstić information content (AvgIpc) is 2.31. The van der Waals surface area contributed by atoms with Gasteiger partial charge in [0, 0.05) is 39.3 Å². The average molecular weight is 230 g/mol. The Kier molecular flexibility index (Phi) is 14.7. The van der Waals surface area contributed by atoms with Crippen LogP contribution in [0.4, 0.5) is 0 Å². The number of unbranched alkanes of at least 4 members (excludes halogenated alkanes) is 1. The van der Waals surface area contributed by atoms with Crippen LogP contribution in [-0.4, -0.2) is 52.4 Å². The first kappa shape index (κ1) is 15.8. The summed E-state index contributed by atoms with van der Waals surface area (Å²) in [6.45, 7) is 13.0. The van der Waals surface area contributed by atoms with Gasteiger partial charge in [0.15, 0.2) is 0 Å². The number of likely N-dealkylation sites (N-methyl/N-ethyl adjacent to an activating group) is 1. The van der Waals surface area contributed by atoms with Crippen LogP contribution in [-0.2, 0) is 0 Å². The van der Waals surface area contributed by atoms with Gasteiger partial charge in [-0.15, -0.1) is 0 Å². The van der Waals surface area contributed by atoms with Crippen LogP contribution in [0, 0.1) is 0 Å². The molecule has 4 heteroatoms. The molecule has 0 fully saturated rings. The Bertz CT molecular complexity index is 106. The maximum absolute atomic E-state index is 3.41. The minimum atomic E-state index is 1.06. The Morgan fingerprint density at radius 2 is 1.00 bits per heavy atom. The summed E-state index contributed by atoms with van der Waals surface area (Å²) in [6, 6.07) is 0. The fraction of sp³-hybridized carbons (Fsp3) is 1.00. The lowest BCUT2D eigenvalue weighted by atomic mass is 10.3. The summed E-state index contributed by atoms with van der Waals surface area (Å²) in [6.07, 6.45) is 2.56. The summed E-state index contributed by atoms with van der Waals surface area (Å²) in [4.78, 5) is 0. The summed E-state index contributed by atoms with van der Waals surface area (Å²) in [5, 5.41) is 13.5. The van der Waals surface area contributed by atoms with Crippen LogP contribution >= 0.6 is 0 Å². The zero-order valence-corrected chi connectivity index (χ0v) is 11.1. The van der Waals surface area contributed by atoms with Crippen molar-refractivity contribution in [3.8, 4) is 0 Å². The second-order valence-corrected chi connectivity index (χ2v) is 3.96. The standard InChI is InChI=1S/C12H30N4/c1-3-5-6-14-9-10-16-12-11-15-8-7-13-4-2/h13-16H,3-12H2,1-2H3. The molecule has 0 heterocycles. The Labute approximate surface area is 101 Å². The van der Waals surface area contributed by atoms with E-state index >= 15 is 0 Å². The molecule has 0 unspecified atom stereocenters. The molecule has 0 aromatic heterocycles. The van der Waals surface area contributed by atoms with Gasteiger partial charge in [0.1, 0.15) is 0 Å². The van der Waals surface area contributed by atoms with Crippen LogP contribution in [0.25, 0.3) is 0 Å². The molecule has 0 radical (unpaired) electrons. The first-order chi connectivity index (χ1) is 7.91. The second kappa shape index (κ2) is 14.8. The summed E-state index contributed by atoms with van der Waals surface area (Å²) in [5.41, 5.74) is 0. The van der Waals surface area contributed by atoms with Gasteiger partial charge in [-0.2, -0.15) is 0 Å². The highest BCUT2D eigenvalue weighted by atomic mass is 15.0. The Hall–Kier alpha value is -0.160. The van der Waals surface area contributed by atoms with Gasteiger partial charge in [0.2, 0.25) is 0 Å². The first-order valence-corrected chi connectivity index (χ1v) is 6.74. The van der Waals surface area contributed by atoms with Crippen LogP contribution < -0.4 is 21.3 Å². The molecule has 0 saturated carbocycles. The SMILES string of the molecule is CCCCNCCNCCNCCNCC. The second-order valence-electron chi connectivity index (χ2n) is 3.96. The zero-order valence-electron chi connectivity index (χ0n) is 11.1. The fourth-order valence-corrected chi connectivity index (χ4v) is 1.38. The molecule has 0 spiro atoms. The molecule has 0 aliphatic carbocycles. The van der Waals surface area contributed by atoms with Crippen molar-refractivity contribution >= 4 is 0 Å². The highest BCUT2D eigenvalue weighted by Gasteiger charge is 1.89. The minimum Gasteiger partial charge on any atom is -0.316 e. The van der Waals surface area contributed by atoms with Gasteiger partial charge in [-0.25, -0.2) is 0 Å². The Morgan fingerprint density at radius 3 is 1.44 bits per heavy atom. The van der Waals surface area contributed by atoms with E-state index < -0.39 is 0 Å². The molecule has 98 valence electrons. The van der Waals surface area contributed by atoms with E-state index in [1.807, 2.05) is 0 Å². The Balaban J connectivity index is 2.83. The van der Waals surface area contributed by atoms with Crippen molar-refractivity contribution in [1.29, 1.82) is 0 Å². The van der Waals surface area contributed by atoms with Crippen LogP contribution in [0.15, 0.2) is 0 Å². The van der Waals surface area contributed by atoms with Crippen LogP contribution in [0.3, 0.4) is 0 Å². The lowest BCUT2D eigenvalue weighted by Gasteiger charge is -2.07. The smallest absolute Gasteiger partial charge is 0.00772 e. The van der Waals surface area contributed by atoms with E-state index in [1.165, 1.54) is 12.8 Å². The van der Waals surface area contributed by atoms with Gasteiger partial charge < -0.3 is 21.3 Å². The maximum atomic E-state index is 3.41. The molecule has 0 aliphatic rings. The van der Waals surface area contributed by atoms with Crippen molar-refractivity contribution in [2.75, 3.05) is 52.4 Å². The minimum absolute atomic E-state index is 1.06. The molecule has 0 aromatic carbocycles. The monoisotopic (exact) mass is 230 g/mol. The number of rotatable bonds is 13.